The maximum Gasteiger partial charge on any atom is 0.150 e. The van der Waals surface area contributed by atoms with Gasteiger partial charge in [-0.2, -0.15) is 0 Å². The van der Waals surface area contributed by atoms with Gasteiger partial charge in [0.05, 0.1) is 22.8 Å². The lowest BCUT2D eigenvalue weighted by Gasteiger charge is -2.11. The topological polar surface area (TPSA) is 109 Å². The SMILES string of the molecule is CC(C)c1cc(N)c2ccc(CCc3cncc(-n4cc(C5CCCC5)c5c(N)ncnc54)c3)cc2n1. The lowest BCUT2D eigenvalue weighted by Crippen LogP contribution is -2.00. The third-order valence-corrected chi connectivity index (χ3v) is 7.72. The first-order valence-corrected chi connectivity index (χ1v) is 13.2. The van der Waals surface area contributed by atoms with Crippen LogP contribution in [0.4, 0.5) is 11.5 Å². The summed E-state index contributed by atoms with van der Waals surface area (Å²) in [6.07, 6.45) is 14.3. The number of benzene rings is 1. The highest BCUT2D eigenvalue weighted by Gasteiger charge is 2.24. The number of anilines is 2. The fourth-order valence-corrected chi connectivity index (χ4v) is 5.66. The minimum Gasteiger partial charge on any atom is -0.398 e. The molecule has 37 heavy (non-hydrogen) atoms. The van der Waals surface area contributed by atoms with Crippen LogP contribution >= 0.6 is 0 Å². The average molecular weight is 492 g/mol. The van der Waals surface area contributed by atoms with Crippen molar-refractivity contribution in [3.63, 3.8) is 0 Å². The van der Waals surface area contributed by atoms with Gasteiger partial charge in [-0.3, -0.25) is 14.5 Å². The van der Waals surface area contributed by atoms with Crippen LogP contribution < -0.4 is 11.5 Å². The summed E-state index contributed by atoms with van der Waals surface area (Å²) >= 11 is 0. The molecule has 1 aliphatic carbocycles. The second-order valence-electron chi connectivity index (χ2n) is 10.6. The zero-order valence-corrected chi connectivity index (χ0v) is 21.5. The van der Waals surface area contributed by atoms with Crippen molar-refractivity contribution in [3.8, 4) is 5.69 Å². The molecule has 7 nitrogen and oxygen atoms in total. The van der Waals surface area contributed by atoms with Gasteiger partial charge in [0.2, 0.25) is 0 Å². The molecule has 6 rings (SSSR count). The molecule has 0 bridgehead atoms. The van der Waals surface area contributed by atoms with Gasteiger partial charge in [-0.25, -0.2) is 9.97 Å². The zero-order valence-electron chi connectivity index (χ0n) is 21.5. The Morgan fingerprint density at radius 2 is 1.78 bits per heavy atom. The number of hydrogen-bond donors (Lipinski definition) is 2. The van der Waals surface area contributed by atoms with Crippen molar-refractivity contribution in [2.24, 2.45) is 0 Å². The molecule has 1 fully saturated rings. The lowest BCUT2D eigenvalue weighted by atomic mass is 9.98. The van der Waals surface area contributed by atoms with E-state index in [0.717, 1.165) is 51.8 Å². The van der Waals surface area contributed by atoms with Gasteiger partial charge in [0.15, 0.2) is 0 Å². The molecule has 5 aromatic rings. The molecule has 1 aliphatic rings. The molecule has 4 heterocycles. The molecule has 0 unspecified atom stereocenters. The summed E-state index contributed by atoms with van der Waals surface area (Å²) in [7, 11) is 0. The van der Waals surface area contributed by atoms with Crippen molar-refractivity contribution in [2.45, 2.75) is 64.2 Å². The molecular weight excluding hydrogens is 458 g/mol. The van der Waals surface area contributed by atoms with Gasteiger partial charge in [-0.15, -0.1) is 0 Å². The van der Waals surface area contributed by atoms with Crippen molar-refractivity contribution in [3.05, 3.63) is 77.6 Å². The third kappa shape index (κ3) is 4.39. The highest BCUT2D eigenvalue weighted by atomic mass is 15.1. The van der Waals surface area contributed by atoms with E-state index in [2.05, 4.69) is 63.8 Å². The van der Waals surface area contributed by atoms with E-state index in [-0.39, 0.29) is 0 Å². The summed E-state index contributed by atoms with van der Waals surface area (Å²) in [6, 6.07) is 10.6. The molecule has 1 aromatic carbocycles. The van der Waals surface area contributed by atoms with Crippen LogP contribution in [0, 0.1) is 0 Å². The number of fused-ring (bicyclic) bond motifs is 2. The molecule has 0 radical (unpaired) electrons. The summed E-state index contributed by atoms with van der Waals surface area (Å²) in [4.78, 5) is 18.3. The summed E-state index contributed by atoms with van der Waals surface area (Å²) in [6.45, 7) is 4.28. The number of aryl methyl sites for hydroxylation is 2. The van der Waals surface area contributed by atoms with Gasteiger partial charge < -0.3 is 11.5 Å². The molecule has 0 spiro atoms. The van der Waals surface area contributed by atoms with Crippen molar-refractivity contribution < 1.29 is 0 Å². The fraction of sp³-hybridized carbons (Fsp3) is 0.333. The van der Waals surface area contributed by atoms with Crippen LogP contribution in [-0.4, -0.2) is 24.5 Å². The first-order chi connectivity index (χ1) is 18.0. The quantitative estimate of drug-likeness (QED) is 0.297. The van der Waals surface area contributed by atoms with Gasteiger partial charge in [0.1, 0.15) is 17.8 Å². The molecule has 1 saturated carbocycles. The fourth-order valence-electron chi connectivity index (χ4n) is 5.66. The third-order valence-electron chi connectivity index (χ3n) is 7.72. The molecule has 0 atom stereocenters. The number of nitrogen functional groups attached to an aromatic ring is 2. The number of rotatable bonds is 6. The molecule has 4 N–H and O–H groups in total. The van der Waals surface area contributed by atoms with Crippen LogP contribution in [0.25, 0.3) is 27.6 Å². The lowest BCUT2D eigenvalue weighted by molar-refractivity contribution is 0.727. The van der Waals surface area contributed by atoms with Crippen LogP contribution in [0.2, 0.25) is 0 Å². The Labute approximate surface area is 217 Å². The second-order valence-corrected chi connectivity index (χ2v) is 10.6. The van der Waals surface area contributed by atoms with Gasteiger partial charge in [0, 0.05) is 29.2 Å². The molecule has 7 heteroatoms. The predicted octanol–water partition coefficient (Wildman–Crippen LogP) is 6.09. The first kappa shape index (κ1) is 23.4. The minimum absolute atomic E-state index is 0.337. The number of pyridine rings is 2. The van der Waals surface area contributed by atoms with E-state index in [1.807, 2.05) is 18.5 Å². The molecule has 4 aromatic heterocycles. The van der Waals surface area contributed by atoms with E-state index < -0.39 is 0 Å². The van der Waals surface area contributed by atoms with Crippen LogP contribution in [0.15, 0.2) is 55.2 Å². The van der Waals surface area contributed by atoms with Crippen LogP contribution in [0.3, 0.4) is 0 Å². The van der Waals surface area contributed by atoms with Gasteiger partial charge in [-0.05, 0) is 72.4 Å². The predicted molar refractivity (Wildman–Crippen MR) is 150 cm³/mol. The monoisotopic (exact) mass is 491 g/mol. The Bertz CT molecular complexity index is 1600. The summed E-state index contributed by atoms with van der Waals surface area (Å²) < 4.78 is 2.13. The van der Waals surface area contributed by atoms with Crippen molar-refractivity contribution in [1.82, 2.24) is 24.5 Å². The normalized spacial score (nSPS) is 14.4. The standard InChI is InChI=1S/C30H33N7/c1-18(2)26-13-25(31)23-10-9-19(12-27(23)36-26)7-8-20-11-22(15-33-14-20)37-16-24(21-5-3-4-6-21)28-29(32)34-17-35-30(28)37/h9-18,21H,3-8H2,1-2H3,(H2,31,36)(H2,32,34,35). The molecule has 0 saturated heterocycles. The first-order valence-electron chi connectivity index (χ1n) is 13.2. The van der Waals surface area contributed by atoms with E-state index in [0.29, 0.717) is 17.7 Å². The van der Waals surface area contributed by atoms with E-state index in [9.17, 15) is 0 Å². The Kier molecular flexibility index (Phi) is 5.99. The van der Waals surface area contributed by atoms with Crippen LogP contribution in [0.5, 0.6) is 0 Å². The summed E-state index contributed by atoms with van der Waals surface area (Å²) in [5.74, 6) is 1.41. The zero-order chi connectivity index (χ0) is 25.5. The van der Waals surface area contributed by atoms with Gasteiger partial charge in [0.25, 0.3) is 0 Å². The van der Waals surface area contributed by atoms with Gasteiger partial charge in [-0.1, -0.05) is 38.8 Å². The second kappa shape index (κ2) is 9.47. The van der Waals surface area contributed by atoms with Crippen molar-refractivity contribution in [1.29, 1.82) is 0 Å². The summed E-state index contributed by atoms with van der Waals surface area (Å²) in [5.41, 5.74) is 21.0. The molecule has 0 amide bonds. The highest BCUT2D eigenvalue weighted by molar-refractivity contribution is 5.92. The Morgan fingerprint density at radius 1 is 0.973 bits per heavy atom. The van der Waals surface area contributed by atoms with Crippen LogP contribution in [-0.2, 0) is 12.8 Å². The van der Waals surface area contributed by atoms with E-state index in [1.165, 1.54) is 42.4 Å². The minimum atomic E-state index is 0.337. The number of aromatic nitrogens is 5. The van der Waals surface area contributed by atoms with Crippen molar-refractivity contribution in [2.75, 3.05) is 11.5 Å². The summed E-state index contributed by atoms with van der Waals surface area (Å²) in [5, 5.41) is 2.00. The maximum absolute atomic E-state index is 6.34. The highest BCUT2D eigenvalue weighted by Crippen LogP contribution is 2.40. The molecular formula is C30H33N7. The van der Waals surface area contributed by atoms with Crippen LogP contribution in [0.1, 0.15) is 73.8 Å². The van der Waals surface area contributed by atoms with E-state index >= 15 is 0 Å². The maximum atomic E-state index is 6.34. The van der Waals surface area contributed by atoms with Gasteiger partial charge >= 0.3 is 0 Å². The average Bonchev–Trinajstić information content (AvgIpc) is 3.56. The molecule has 188 valence electrons. The number of nitrogens with zero attached hydrogens (tertiary/aromatic N) is 5. The van der Waals surface area contributed by atoms with E-state index in [1.54, 1.807) is 6.33 Å². The Morgan fingerprint density at radius 3 is 2.59 bits per heavy atom. The number of nitrogens with two attached hydrogens (primary N) is 2. The largest absolute Gasteiger partial charge is 0.398 e. The Hall–Kier alpha value is -4.00. The molecule has 0 aliphatic heterocycles. The van der Waals surface area contributed by atoms with E-state index in [4.69, 9.17) is 16.5 Å². The number of hydrogen-bond acceptors (Lipinski definition) is 6. The van der Waals surface area contributed by atoms with Crippen molar-refractivity contribution >= 4 is 33.4 Å². The smallest absolute Gasteiger partial charge is 0.150 e. The Balaban J connectivity index is 1.29.